The van der Waals surface area contributed by atoms with E-state index in [0.29, 0.717) is 28.6 Å². The Kier molecular flexibility index (Phi) is 3.09. The van der Waals surface area contributed by atoms with Crippen LogP contribution in [0.25, 0.3) is 28.4 Å². The maximum Gasteiger partial charge on any atom is 0.349 e. The molecule has 4 rings (SSSR count). The zero-order chi connectivity index (χ0) is 16.7. The van der Waals surface area contributed by atoms with Crippen molar-refractivity contribution in [3.63, 3.8) is 0 Å². The highest BCUT2D eigenvalue weighted by atomic mass is 16.4. The molecule has 0 unspecified atom stereocenters. The summed E-state index contributed by atoms with van der Waals surface area (Å²) in [5, 5.41) is 14.5. The van der Waals surface area contributed by atoms with Gasteiger partial charge in [-0.2, -0.15) is 9.50 Å². The van der Waals surface area contributed by atoms with Crippen LogP contribution < -0.4 is 5.63 Å². The molecule has 4 heterocycles. The van der Waals surface area contributed by atoms with Crippen LogP contribution in [0.2, 0.25) is 0 Å². The molecule has 0 saturated carbocycles. The van der Waals surface area contributed by atoms with Crippen LogP contribution in [-0.4, -0.2) is 29.7 Å². The highest BCUT2D eigenvalue weighted by Crippen LogP contribution is 2.26. The number of fused-ring (bicyclic) bond motifs is 1. The maximum absolute atomic E-state index is 12.2. The largest absolute Gasteiger partial charge is 0.507 e. The fourth-order valence-corrected chi connectivity index (χ4v) is 2.43. The van der Waals surface area contributed by atoms with Crippen LogP contribution in [0.1, 0.15) is 5.76 Å². The van der Waals surface area contributed by atoms with Crippen molar-refractivity contribution >= 4 is 5.78 Å². The van der Waals surface area contributed by atoms with Crippen molar-refractivity contribution < 1.29 is 9.52 Å². The SMILES string of the molecule is Cc1cc(O)c(-c2ccnc3nc(-c4cccnc4)nn23)c(=O)o1. The highest BCUT2D eigenvalue weighted by molar-refractivity contribution is 5.67. The molecule has 1 N–H and O–H groups in total. The lowest BCUT2D eigenvalue weighted by molar-refractivity contribution is 0.437. The van der Waals surface area contributed by atoms with Crippen LogP contribution in [0.3, 0.4) is 0 Å². The van der Waals surface area contributed by atoms with E-state index in [-0.39, 0.29) is 11.3 Å². The molecule has 0 aliphatic carbocycles. The first-order chi connectivity index (χ1) is 11.6. The van der Waals surface area contributed by atoms with Gasteiger partial charge in [-0.3, -0.25) is 4.98 Å². The summed E-state index contributed by atoms with van der Waals surface area (Å²) in [6.07, 6.45) is 4.77. The summed E-state index contributed by atoms with van der Waals surface area (Å²) in [6.45, 7) is 1.59. The first-order valence-corrected chi connectivity index (χ1v) is 7.10. The quantitative estimate of drug-likeness (QED) is 0.600. The molecule has 0 saturated heterocycles. The first kappa shape index (κ1) is 14.1. The van der Waals surface area contributed by atoms with Crippen molar-refractivity contribution in [1.29, 1.82) is 0 Å². The van der Waals surface area contributed by atoms with Crippen LogP contribution in [-0.2, 0) is 0 Å². The number of aromatic hydroxyl groups is 1. The molecule has 24 heavy (non-hydrogen) atoms. The molecule has 0 amide bonds. The van der Waals surface area contributed by atoms with E-state index in [1.54, 1.807) is 31.5 Å². The molecule has 4 aromatic heterocycles. The fraction of sp³-hybridized carbons (Fsp3) is 0.0625. The van der Waals surface area contributed by atoms with Gasteiger partial charge in [0.15, 0.2) is 5.82 Å². The molecule has 8 nitrogen and oxygen atoms in total. The Morgan fingerprint density at radius 1 is 1.25 bits per heavy atom. The molecular formula is C16H11N5O3. The lowest BCUT2D eigenvalue weighted by Gasteiger charge is -2.05. The van der Waals surface area contributed by atoms with E-state index in [1.807, 2.05) is 6.07 Å². The van der Waals surface area contributed by atoms with E-state index in [0.717, 1.165) is 0 Å². The molecular weight excluding hydrogens is 310 g/mol. The molecule has 0 radical (unpaired) electrons. The van der Waals surface area contributed by atoms with E-state index in [4.69, 9.17) is 4.42 Å². The van der Waals surface area contributed by atoms with Crippen LogP contribution in [0.5, 0.6) is 5.75 Å². The number of rotatable bonds is 2. The molecule has 0 atom stereocenters. The second-order valence-electron chi connectivity index (χ2n) is 5.12. The van der Waals surface area contributed by atoms with Crippen LogP contribution in [0.4, 0.5) is 0 Å². The van der Waals surface area contributed by atoms with Gasteiger partial charge in [-0.15, -0.1) is 5.10 Å². The molecule has 0 aromatic carbocycles. The van der Waals surface area contributed by atoms with Crippen molar-refractivity contribution in [2.24, 2.45) is 0 Å². The van der Waals surface area contributed by atoms with Gasteiger partial charge in [0.05, 0.1) is 5.69 Å². The Hall–Kier alpha value is -3.55. The summed E-state index contributed by atoms with van der Waals surface area (Å²) in [7, 11) is 0. The van der Waals surface area contributed by atoms with Crippen LogP contribution in [0.15, 0.2) is 52.1 Å². The number of pyridine rings is 1. The average Bonchev–Trinajstić information content (AvgIpc) is 3.00. The second-order valence-corrected chi connectivity index (χ2v) is 5.12. The minimum atomic E-state index is -0.654. The molecule has 0 aliphatic heterocycles. The summed E-state index contributed by atoms with van der Waals surface area (Å²) in [6, 6.07) is 6.53. The maximum atomic E-state index is 12.2. The predicted octanol–water partition coefficient (Wildman–Crippen LogP) is 1.82. The second kappa shape index (κ2) is 5.27. The van der Waals surface area contributed by atoms with Gasteiger partial charge in [-0.05, 0) is 25.1 Å². The zero-order valence-electron chi connectivity index (χ0n) is 12.5. The number of hydrogen-bond acceptors (Lipinski definition) is 7. The standard InChI is InChI=1S/C16H11N5O3/c1-9-7-12(22)13(15(23)24-9)11-4-6-18-16-19-14(20-21(11)16)10-3-2-5-17-8-10/h2-8,22H,1H3. The van der Waals surface area contributed by atoms with Gasteiger partial charge < -0.3 is 9.52 Å². The Morgan fingerprint density at radius 2 is 2.12 bits per heavy atom. The number of aromatic nitrogens is 5. The third-order valence-corrected chi connectivity index (χ3v) is 3.47. The summed E-state index contributed by atoms with van der Waals surface area (Å²) in [5.74, 6) is 0.848. The highest BCUT2D eigenvalue weighted by Gasteiger charge is 2.18. The minimum absolute atomic E-state index is 0.00985. The smallest absolute Gasteiger partial charge is 0.349 e. The molecule has 0 aliphatic rings. The van der Waals surface area contributed by atoms with Crippen molar-refractivity contribution in [3.8, 4) is 28.4 Å². The Bertz CT molecular complexity index is 1100. The Morgan fingerprint density at radius 3 is 2.88 bits per heavy atom. The molecule has 8 heteroatoms. The van der Waals surface area contributed by atoms with Crippen molar-refractivity contribution in [3.05, 3.63) is 59.0 Å². The lowest BCUT2D eigenvalue weighted by Crippen LogP contribution is -2.08. The number of aryl methyl sites for hydroxylation is 1. The third-order valence-electron chi connectivity index (χ3n) is 3.47. The van der Waals surface area contributed by atoms with E-state index < -0.39 is 5.63 Å². The van der Waals surface area contributed by atoms with Gasteiger partial charge in [0.1, 0.15) is 17.1 Å². The molecule has 4 aromatic rings. The zero-order valence-corrected chi connectivity index (χ0v) is 12.5. The van der Waals surface area contributed by atoms with Crippen molar-refractivity contribution in [2.45, 2.75) is 6.92 Å². The van der Waals surface area contributed by atoms with E-state index in [2.05, 4.69) is 20.1 Å². The van der Waals surface area contributed by atoms with Gasteiger partial charge in [-0.1, -0.05) is 0 Å². The summed E-state index contributed by atoms with van der Waals surface area (Å²) < 4.78 is 6.47. The lowest BCUT2D eigenvalue weighted by atomic mass is 10.2. The number of hydrogen-bond donors (Lipinski definition) is 1. The van der Waals surface area contributed by atoms with E-state index in [1.165, 1.54) is 16.8 Å². The van der Waals surface area contributed by atoms with Gasteiger partial charge in [0.25, 0.3) is 5.78 Å². The molecule has 0 fully saturated rings. The monoisotopic (exact) mass is 321 g/mol. The van der Waals surface area contributed by atoms with Crippen molar-refractivity contribution in [2.75, 3.05) is 0 Å². The third kappa shape index (κ3) is 2.21. The first-order valence-electron chi connectivity index (χ1n) is 7.10. The van der Waals surface area contributed by atoms with Gasteiger partial charge >= 0.3 is 5.63 Å². The number of nitrogens with zero attached hydrogens (tertiary/aromatic N) is 5. The summed E-state index contributed by atoms with van der Waals surface area (Å²) >= 11 is 0. The van der Waals surface area contributed by atoms with E-state index >= 15 is 0 Å². The summed E-state index contributed by atoms with van der Waals surface area (Å²) in [5.41, 5.74) is 0.414. The molecule has 118 valence electrons. The average molecular weight is 321 g/mol. The Balaban J connectivity index is 1.98. The normalized spacial score (nSPS) is 11.0. The van der Waals surface area contributed by atoms with Gasteiger partial charge in [-0.25, -0.2) is 9.78 Å². The molecule has 0 bridgehead atoms. The topological polar surface area (TPSA) is 106 Å². The predicted molar refractivity (Wildman–Crippen MR) is 84.4 cm³/mol. The Labute approximate surface area is 135 Å². The van der Waals surface area contributed by atoms with Gasteiger partial charge in [0, 0.05) is 30.2 Å². The van der Waals surface area contributed by atoms with E-state index in [9.17, 15) is 9.90 Å². The van der Waals surface area contributed by atoms with Crippen molar-refractivity contribution in [1.82, 2.24) is 24.6 Å². The summed E-state index contributed by atoms with van der Waals surface area (Å²) in [4.78, 5) is 24.7. The van der Waals surface area contributed by atoms with Gasteiger partial charge in [0.2, 0.25) is 0 Å². The van der Waals surface area contributed by atoms with Crippen LogP contribution >= 0.6 is 0 Å². The minimum Gasteiger partial charge on any atom is -0.507 e. The molecule has 0 spiro atoms. The van der Waals surface area contributed by atoms with Crippen LogP contribution in [0, 0.1) is 6.92 Å². The fourth-order valence-electron chi connectivity index (χ4n) is 2.43.